The summed E-state index contributed by atoms with van der Waals surface area (Å²) in [7, 11) is 0. The van der Waals surface area contributed by atoms with Crippen molar-refractivity contribution in [2.45, 2.75) is 40.2 Å². The molecule has 1 saturated heterocycles. The molecule has 0 saturated carbocycles. The Morgan fingerprint density at radius 3 is 2.42 bits per heavy atom. The van der Waals surface area contributed by atoms with E-state index < -0.39 is 0 Å². The van der Waals surface area contributed by atoms with E-state index in [0.29, 0.717) is 17.8 Å². The van der Waals surface area contributed by atoms with E-state index in [1.165, 1.54) is 17.2 Å². The quantitative estimate of drug-likeness (QED) is 0.561. The van der Waals surface area contributed by atoms with E-state index in [1.807, 2.05) is 35.6 Å². The van der Waals surface area contributed by atoms with Gasteiger partial charge in [-0.2, -0.15) is 5.10 Å². The van der Waals surface area contributed by atoms with Gasteiger partial charge in [-0.3, -0.25) is 14.3 Å². The number of aromatic nitrogens is 2. The number of hydrogen-bond acceptors (Lipinski definition) is 3. The maximum Gasteiger partial charge on any atom is 0.255 e. The number of para-hydroxylation sites is 1. The van der Waals surface area contributed by atoms with Crippen LogP contribution in [-0.4, -0.2) is 39.6 Å². The SMILES string of the molecule is Cc1ccc(Cn2nc(C)c(/C=C/C(=O)Nc3ccccc3C(=O)N3CCCC3)c2C)cc1. The first-order valence-electron chi connectivity index (χ1n) is 11.4. The molecule has 2 aromatic carbocycles. The topological polar surface area (TPSA) is 67.2 Å². The summed E-state index contributed by atoms with van der Waals surface area (Å²) in [6, 6.07) is 15.6. The monoisotopic (exact) mass is 442 g/mol. The Morgan fingerprint density at radius 1 is 1.00 bits per heavy atom. The zero-order valence-electron chi connectivity index (χ0n) is 19.5. The Labute approximate surface area is 194 Å². The number of nitrogens with one attached hydrogen (secondary N) is 1. The minimum Gasteiger partial charge on any atom is -0.339 e. The van der Waals surface area contributed by atoms with Crippen LogP contribution in [0.5, 0.6) is 0 Å². The lowest BCUT2D eigenvalue weighted by molar-refractivity contribution is -0.111. The molecule has 3 aromatic rings. The van der Waals surface area contributed by atoms with Crippen LogP contribution in [0.3, 0.4) is 0 Å². The standard InChI is InChI=1S/C27H30N4O2/c1-19-10-12-22(13-11-19)18-31-21(3)23(20(2)29-31)14-15-26(32)28-25-9-5-4-8-24(25)27(33)30-16-6-7-17-30/h4-5,8-15H,6-7,16-18H2,1-3H3,(H,28,32)/b15-14+. The highest BCUT2D eigenvalue weighted by Crippen LogP contribution is 2.21. The third-order valence-corrected chi connectivity index (χ3v) is 6.10. The molecule has 0 atom stereocenters. The number of anilines is 1. The summed E-state index contributed by atoms with van der Waals surface area (Å²) in [6.07, 6.45) is 5.35. The van der Waals surface area contributed by atoms with Gasteiger partial charge in [0.15, 0.2) is 0 Å². The van der Waals surface area contributed by atoms with Gasteiger partial charge in [-0.15, -0.1) is 0 Å². The molecule has 170 valence electrons. The van der Waals surface area contributed by atoms with Crippen LogP contribution >= 0.6 is 0 Å². The molecule has 0 aliphatic carbocycles. The summed E-state index contributed by atoms with van der Waals surface area (Å²) in [5.41, 5.74) is 6.27. The largest absolute Gasteiger partial charge is 0.339 e. The molecule has 0 radical (unpaired) electrons. The minimum atomic E-state index is -0.276. The third-order valence-electron chi connectivity index (χ3n) is 6.10. The molecule has 1 aromatic heterocycles. The van der Waals surface area contributed by atoms with Crippen LogP contribution in [0.2, 0.25) is 0 Å². The van der Waals surface area contributed by atoms with E-state index in [0.717, 1.165) is 42.9 Å². The van der Waals surface area contributed by atoms with Crippen molar-refractivity contribution < 1.29 is 9.59 Å². The number of carbonyl (C=O) groups is 2. The van der Waals surface area contributed by atoms with Crippen molar-refractivity contribution in [1.29, 1.82) is 0 Å². The second kappa shape index (κ2) is 9.86. The van der Waals surface area contributed by atoms with E-state index >= 15 is 0 Å². The zero-order valence-corrected chi connectivity index (χ0v) is 19.5. The van der Waals surface area contributed by atoms with Gasteiger partial charge in [0.1, 0.15) is 0 Å². The van der Waals surface area contributed by atoms with Gasteiger partial charge >= 0.3 is 0 Å². The number of hydrogen-bond donors (Lipinski definition) is 1. The molecule has 6 nitrogen and oxygen atoms in total. The van der Waals surface area contributed by atoms with Crippen molar-refractivity contribution in [3.63, 3.8) is 0 Å². The van der Waals surface area contributed by atoms with Crippen LogP contribution in [0.25, 0.3) is 6.08 Å². The van der Waals surface area contributed by atoms with Crippen molar-refractivity contribution in [2.24, 2.45) is 0 Å². The molecular formula is C27H30N4O2. The molecule has 1 fully saturated rings. The smallest absolute Gasteiger partial charge is 0.255 e. The summed E-state index contributed by atoms with van der Waals surface area (Å²) >= 11 is 0. The number of benzene rings is 2. The van der Waals surface area contributed by atoms with E-state index in [1.54, 1.807) is 18.2 Å². The molecular weight excluding hydrogens is 412 g/mol. The summed E-state index contributed by atoms with van der Waals surface area (Å²) in [5.74, 6) is -0.307. The van der Waals surface area contributed by atoms with Gasteiger partial charge in [-0.05, 0) is 57.4 Å². The van der Waals surface area contributed by atoms with Gasteiger partial charge in [-0.25, -0.2) is 0 Å². The van der Waals surface area contributed by atoms with Crippen LogP contribution < -0.4 is 5.32 Å². The number of carbonyl (C=O) groups excluding carboxylic acids is 2. The lowest BCUT2D eigenvalue weighted by Crippen LogP contribution is -2.28. The van der Waals surface area contributed by atoms with Gasteiger partial charge in [0.25, 0.3) is 5.91 Å². The van der Waals surface area contributed by atoms with Crippen LogP contribution in [0.15, 0.2) is 54.6 Å². The number of likely N-dealkylation sites (tertiary alicyclic amines) is 1. The summed E-state index contributed by atoms with van der Waals surface area (Å²) in [6.45, 7) is 8.25. The van der Waals surface area contributed by atoms with Crippen molar-refractivity contribution in [2.75, 3.05) is 18.4 Å². The molecule has 0 unspecified atom stereocenters. The fourth-order valence-electron chi connectivity index (χ4n) is 4.17. The molecule has 6 heteroatoms. The number of nitrogens with zero attached hydrogens (tertiary/aromatic N) is 3. The van der Waals surface area contributed by atoms with Crippen LogP contribution in [0, 0.1) is 20.8 Å². The highest BCUT2D eigenvalue weighted by atomic mass is 16.2. The van der Waals surface area contributed by atoms with E-state index in [2.05, 4.69) is 41.6 Å². The Bertz CT molecular complexity index is 1190. The van der Waals surface area contributed by atoms with E-state index in [-0.39, 0.29) is 11.8 Å². The number of rotatable bonds is 6. The summed E-state index contributed by atoms with van der Waals surface area (Å²) in [4.78, 5) is 27.4. The molecule has 0 spiro atoms. The van der Waals surface area contributed by atoms with Crippen molar-refractivity contribution >= 4 is 23.6 Å². The first kappa shape index (κ1) is 22.5. The predicted molar refractivity (Wildman–Crippen MR) is 131 cm³/mol. The lowest BCUT2D eigenvalue weighted by atomic mass is 10.1. The van der Waals surface area contributed by atoms with E-state index in [4.69, 9.17) is 0 Å². The molecule has 0 bridgehead atoms. The molecule has 2 amide bonds. The van der Waals surface area contributed by atoms with Gasteiger partial charge in [0.2, 0.25) is 5.91 Å². The molecule has 4 rings (SSSR count). The molecule has 33 heavy (non-hydrogen) atoms. The third kappa shape index (κ3) is 5.22. The van der Waals surface area contributed by atoms with Gasteiger partial charge < -0.3 is 10.2 Å². The molecule has 1 N–H and O–H groups in total. The lowest BCUT2D eigenvalue weighted by Gasteiger charge is -2.17. The summed E-state index contributed by atoms with van der Waals surface area (Å²) in [5, 5.41) is 7.53. The minimum absolute atomic E-state index is 0.0311. The Hall–Kier alpha value is -3.67. The first-order chi connectivity index (χ1) is 15.9. The number of amides is 2. The van der Waals surface area contributed by atoms with Crippen LogP contribution in [0.1, 0.15) is 51.3 Å². The maximum absolute atomic E-state index is 12.8. The van der Waals surface area contributed by atoms with Gasteiger partial charge in [0.05, 0.1) is 23.5 Å². The normalized spacial score (nSPS) is 13.6. The van der Waals surface area contributed by atoms with Crippen molar-refractivity contribution in [3.05, 3.63) is 88.2 Å². The zero-order chi connectivity index (χ0) is 23.4. The first-order valence-corrected chi connectivity index (χ1v) is 11.4. The summed E-state index contributed by atoms with van der Waals surface area (Å²) < 4.78 is 1.96. The van der Waals surface area contributed by atoms with Gasteiger partial charge in [-0.1, -0.05) is 42.0 Å². The maximum atomic E-state index is 12.8. The Kier molecular flexibility index (Phi) is 6.73. The number of aryl methyl sites for hydroxylation is 2. The van der Waals surface area contributed by atoms with Crippen LogP contribution in [0.4, 0.5) is 5.69 Å². The Balaban J connectivity index is 1.47. The molecule has 2 heterocycles. The molecule has 1 aliphatic heterocycles. The highest BCUT2D eigenvalue weighted by Gasteiger charge is 2.22. The predicted octanol–water partition coefficient (Wildman–Crippen LogP) is 4.74. The van der Waals surface area contributed by atoms with E-state index in [9.17, 15) is 9.59 Å². The fraction of sp³-hybridized carbons (Fsp3) is 0.296. The van der Waals surface area contributed by atoms with Crippen molar-refractivity contribution in [3.8, 4) is 0 Å². The fourth-order valence-corrected chi connectivity index (χ4v) is 4.17. The Morgan fingerprint density at radius 2 is 1.70 bits per heavy atom. The average Bonchev–Trinajstić information content (AvgIpc) is 3.43. The van der Waals surface area contributed by atoms with Crippen LogP contribution in [-0.2, 0) is 11.3 Å². The van der Waals surface area contributed by atoms with Gasteiger partial charge in [0, 0.05) is 30.4 Å². The highest BCUT2D eigenvalue weighted by molar-refractivity contribution is 6.07. The molecule has 1 aliphatic rings. The average molecular weight is 443 g/mol. The second-order valence-corrected chi connectivity index (χ2v) is 8.60. The second-order valence-electron chi connectivity index (χ2n) is 8.60. The van der Waals surface area contributed by atoms with Crippen molar-refractivity contribution in [1.82, 2.24) is 14.7 Å².